The summed E-state index contributed by atoms with van der Waals surface area (Å²) >= 11 is 9.37. The normalized spacial score (nSPS) is 11.5. The van der Waals surface area contributed by atoms with Crippen molar-refractivity contribution >= 4 is 44.1 Å². The maximum Gasteiger partial charge on any atom is 0.238 e. The summed E-state index contributed by atoms with van der Waals surface area (Å²) in [6.45, 7) is 1.83. The van der Waals surface area contributed by atoms with Gasteiger partial charge in [-0.2, -0.15) is 0 Å². The zero-order valence-electron chi connectivity index (χ0n) is 8.78. The zero-order valence-corrected chi connectivity index (χ0v) is 11.1. The van der Waals surface area contributed by atoms with Gasteiger partial charge in [-0.25, -0.2) is 9.97 Å². The van der Waals surface area contributed by atoms with Gasteiger partial charge in [0, 0.05) is 4.47 Å². The molecule has 86 valence electrons. The second-order valence-electron chi connectivity index (χ2n) is 3.74. The van der Waals surface area contributed by atoms with Gasteiger partial charge in [0.2, 0.25) is 5.88 Å². The Hall–Kier alpha value is -1.33. The monoisotopic (exact) mass is 311 g/mol. The van der Waals surface area contributed by atoms with Crippen LogP contribution in [0.15, 0.2) is 22.9 Å². The van der Waals surface area contributed by atoms with Gasteiger partial charge in [0.05, 0.1) is 21.7 Å². The van der Waals surface area contributed by atoms with Crippen LogP contribution in [0.5, 0.6) is 5.88 Å². The van der Waals surface area contributed by atoms with Gasteiger partial charge >= 0.3 is 0 Å². The highest BCUT2D eigenvalue weighted by atomic mass is 79.9. The minimum atomic E-state index is -0.0362. The van der Waals surface area contributed by atoms with Gasteiger partial charge in [-0.1, -0.05) is 11.6 Å². The third kappa shape index (κ3) is 1.50. The highest BCUT2D eigenvalue weighted by Gasteiger charge is 2.12. The fraction of sp³-hybridized carbons (Fsp3) is 0.0909. The molecule has 1 N–H and O–H groups in total. The highest BCUT2D eigenvalue weighted by molar-refractivity contribution is 9.10. The third-order valence-electron chi connectivity index (χ3n) is 2.67. The molecule has 3 rings (SSSR count). The van der Waals surface area contributed by atoms with E-state index in [0.717, 1.165) is 15.7 Å². The summed E-state index contributed by atoms with van der Waals surface area (Å²) in [7, 11) is 0. The van der Waals surface area contributed by atoms with Gasteiger partial charge in [0.15, 0.2) is 0 Å². The molecule has 4 nitrogen and oxygen atoms in total. The predicted molar refractivity (Wildman–Crippen MR) is 69.6 cm³/mol. The number of fused-ring (bicyclic) bond motifs is 3. The molecule has 0 fully saturated rings. The molecule has 0 spiro atoms. The molecule has 0 saturated heterocycles. The SMILES string of the molecule is Cc1ncn2c1c(O)nc1cc(Cl)c(Br)cc12. The van der Waals surface area contributed by atoms with Crippen LogP contribution in [0.3, 0.4) is 0 Å². The lowest BCUT2D eigenvalue weighted by Gasteiger charge is -2.05. The molecule has 6 heteroatoms. The average Bonchev–Trinajstić information content (AvgIpc) is 2.65. The number of aryl methyl sites for hydroxylation is 1. The van der Waals surface area contributed by atoms with Gasteiger partial charge < -0.3 is 5.11 Å². The van der Waals surface area contributed by atoms with E-state index < -0.39 is 0 Å². The standard InChI is InChI=1S/C11H7BrClN3O/c1-5-10-11(17)15-8-3-7(13)6(12)2-9(8)16(10)4-14-5/h2-4H,1H3,(H,15,17). The number of nitrogens with zero attached hydrogens (tertiary/aromatic N) is 3. The lowest BCUT2D eigenvalue weighted by molar-refractivity contribution is 0.459. The summed E-state index contributed by atoms with van der Waals surface area (Å²) < 4.78 is 2.58. The summed E-state index contributed by atoms with van der Waals surface area (Å²) in [5, 5.41) is 10.4. The van der Waals surface area contributed by atoms with Gasteiger partial charge in [-0.15, -0.1) is 0 Å². The maximum absolute atomic E-state index is 9.87. The fourth-order valence-corrected chi connectivity index (χ4v) is 2.35. The molecule has 0 radical (unpaired) electrons. The summed E-state index contributed by atoms with van der Waals surface area (Å²) in [6, 6.07) is 3.56. The van der Waals surface area contributed by atoms with E-state index in [1.54, 1.807) is 16.8 Å². The predicted octanol–water partition coefficient (Wildman–Crippen LogP) is 3.31. The Morgan fingerprint density at radius 2 is 2.18 bits per heavy atom. The van der Waals surface area contributed by atoms with Crippen LogP contribution in [0, 0.1) is 6.92 Å². The molecule has 0 atom stereocenters. The third-order valence-corrected chi connectivity index (χ3v) is 3.86. The Balaban J connectivity index is 2.59. The van der Waals surface area contributed by atoms with Crippen LogP contribution in [-0.2, 0) is 0 Å². The minimum Gasteiger partial charge on any atom is -0.492 e. The first kappa shape index (κ1) is 10.8. The molecule has 0 aliphatic carbocycles. The number of rotatable bonds is 0. The van der Waals surface area contributed by atoms with E-state index in [0.29, 0.717) is 16.1 Å². The van der Waals surface area contributed by atoms with Crippen molar-refractivity contribution < 1.29 is 5.11 Å². The van der Waals surface area contributed by atoms with Crippen LogP contribution in [0.25, 0.3) is 16.6 Å². The number of benzene rings is 1. The molecule has 2 aromatic heterocycles. The highest BCUT2D eigenvalue weighted by Crippen LogP contribution is 2.30. The average molecular weight is 313 g/mol. The summed E-state index contributed by atoms with van der Waals surface area (Å²) in [4.78, 5) is 8.30. The van der Waals surface area contributed by atoms with Gasteiger partial charge in [0.25, 0.3) is 0 Å². The molecule has 0 aliphatic rings. The van der Waals surface area contributed by atoms with Crippen LogP contribution >= 0.6 is 27.5 Å². The topological polar surface area (TPSA) is 50.4 Å². The minimum absolute atomic E-state index is 0.0362. The van der Waals surface area contributed by atoms with E-state index in [4.69, 9.17) is 11.6 Å². The van der Waals surface area contributed by atoms with Gasteiger partial charge in [-0.3, -0.25) is 4.40 Å². The Morgan fingerprint density at radius 1 is 1.41 bits per heavy atom. The van der Waals surface area contributed by atoms with Crippen molar-refractivity contribution in [1.82, 2.24) is 14.4 Å². The summed E-state index contributed by atoms with van der Waals surface area (Å²) in [5.74, 6) is -0.0362. The summed E-state index contributed by atoms with van der Waals surface area (Å²) in [5.41, 5.74) is 2.82. The number of imidazole rings is 1. The van der Waals surface area contributed by atoms with Crippen LogP contribution in [0.4, 0.5) is 0 Å². The van der Waals surface area contributed by atoms with Crippen molar-refractivity contribution in [3.05, 3.63) is 33.6 Å². The zero-order chi connectivity index (χ0) is 12.2. The Labute approximate surface area is 110 Å². The van der Waals surface area contributed by atoms with Crippen LogP contribution < -0.4 is 0 Å². The first-order valence-corrected chi connectivity index (χ1v) is 6.06. The molecule has 0 amide bonds. The number of aromatic hydroxyl groups is 1. The summed E-state index contributed by atoms with van der Waals surface area (Å²) in [6.07, 6.45) is 1.66. The van der Waals surface area contributed by atoms with Crippen molar-refractivity contribution in [2.24, 2.45) is 0 Å². The van der Waals surface area contributed by atoms with Crippen LogP contribution in [0.1, 0.15) is 5.69 Å². The number of hydrogen-bond acceptors (Lipinski definition) is 3. The van der Waals surface area contributed by atoms with Crippen molar-refractivity contribution in [1.29, 1.82) is 0 Å². The van der Waals surface area contributed by atoms with Crippen LogP contribution in [0.2, 0.25) is 5.02 Å². The van der Waals surface area contributed by atoms with E-state index in [1.165, 1.54) is 0 Å². The lowest BCUT2D eigenvalue weighted by Crippen LogP contribution is -1.92. The maximum atomic E-state index is 9.87. The van der Waals surface area contributed by atoms with E-state index in [9.17, 15) is 5.11 Å². The smallest absolute Gasteiger partial charge is 0.238 e. The van der Waals surface area contributed by atoms with Crippen molar-refractivity contribution in [3.8, 4) is 5.88 Å². The molecular formula is C11H7BrClN3O. The van der Waals surface area contributed by atoms with E-state index in [2.05, 4.69) is 25.9 Å². The molecule has 0 aliphatic heterocycles. The van der Waals surface area contributed by atoms with Gasteiger partial charge in [0.1, 0.15) is 11.8 Å². The largest absolute Gasteiger partial charge is 0.492 e. The lowest BCUT2D eigenvalue weighted by atomic mass is 10.3. The molecule has 0 unspecified atom stereocenters. The van der Waals surface area contributed by atoms with Crippen molar-refractivity contribution in [3.63, 3.8) is 0 Å². The quantitative estimate of drug-likeness (QED) is 0.693. The first-order valence-electron chi connectivity index (χ1n) is 4.89. The van der Waals surface area contributed by atoms with E-state index in [1.807, 2.05) is 13.0 Å². The number of hydrogen-bond donors (Lipinski definition) is 1. The first-order chi connectivity index (χ1) is 8.08. The van der Waals surface area contributed by atoms with Crippen molar-refractivity contribution in [2.75, 3.05) is 0 Å². The Kier molecular flexibility index (Phi) is 2.27. The Bertz CT molecular complexity index is 753. The molecule has 2 heterocycles. The molecule has 0 bridgehead atoms. The van der Waals surface area contributed by atoms with E-state index in [-0.39, 0.29) is 5.88 Å². The molecule has 17 heavy (non-hydrogen) atoms. The molecular weight excluding hydrogens is 305 g/mol. The fourth-order valence-electron chi connectivity index (χ4n) is 1.87. The number of aromatic nitrogens is 3. The second-order valence-corrected chi connectivity index (χ2v) is 5.00. The number of halogens is 2. The second kappa shape index (κ2) is 3.58. The molecule has 1 aromatic carbocycles. The van der Waals surface area contributed by atoms with Crippen molar-refractivity contribution in [2.45, 2.75) is 6.92 Å². The molecule has 0 saturated carbocycles. The van der Waals surface area contributed by atoms with Gasteiger partial charge in [-0.05, 0) is 35.0 Å². The van der Waals surface area contributed by atoms with Crippen LogP contribution in [-0.4, -0.2) is 19.5 Å². The Morgan fingerprint density at radius 3 is 2.94 bits per heavy atom. The van der Waals surface area contributed by atoms with E-state index >= 15 is 0 Å². The molecule has 3 aromatic rings.